The lowest BCUT2D eigenvalue weighted by Crippen LogP contribution is -2.18. The lowest BCUT2D eigenvalue weighted by atomic mass is 9.98. The topological polar surface area (TPSA) is 18.8 Å². The molecule has 136 valence electrons. The number of benzene rings is 3. The molecule has 1 aliphatic rings. The Bertz CT molecular complexity index is 932. The number of nitrogens with zero attached hydrogens (tertiary/aromatic N) is 3. The molecule has 3 aromatic carbocycles. The van der Waals surface area contributed by atoms with Gasteiger partial charge < -0.3 is 4.90 Å². The standard InChI is InChI=1S/C23H22FN3/c1-26(2)20-14-10-18(11-15-20)23-16-22(17-8-12-19(24)13-9-17)25-27(23)21-6-4-3-5-7-21/h3-15,23H,16H2,1-2H3/t23-/m0/s1. The molecule has 3 nitrogen and oxygen atoms in total. The van der Waals surface area contributed by atoms with Gasteiger partial charge in [-0.2, -0.15) is 5.10 Å². The second kappa shape index (κ2) is 7.23. The first kappa shape index (κ1) is 17.3. The molecule has 3 aromatic rings. The fraction of sp³-hybridized carbons (Fsp3) is 0.174. The van der Waals surface area contributed by atoms with Crippen LogP contribution in [-0.4, -0.2) is 19.8 Å². The molecule has 1 heterocycles. The SMILES string of the molecule is CN(C)c1ccc([C@@H]2CC(c3ccc(F)cc3)=NN2c2ccccc2)cc1. The van der Waals surface area contributed by atoms with Gasteiger partial charge in [0.15, 0.2) is 0 Å². The van der Waals surface area contributed by atoms with Gasteiger partial charge in [0.1, 0.15) is 5.82 Å². The second-order valence-electron chi connectivity index (χ2n) is 6.94. The van der Waals surface area contributed by atoms with Crippen LogP contribution < -0.4 is 9.91 Å². The molecule has 0 spiro atoms. The monoisotopic (exact) mass is 359 g/mol. The highest BCUT2D eigenvalue weighted by Crippen LogP contribution is 2.37. The Morgan fingerprint density at radius 1 is 0.889 bits per heavy atom. The number of para-hydroxylation sites is 1. The highest BCUT2D eigenvalue weighted by Gasteiger charge is 2.29. The van der Waals surface area contributed by atoms with Crippen LogP contribution >= 0.6 is 0 Å². The van der Waals surface area contributed by atoms with Gasteiger partial charge in [0, 0.05) is 26.2 Å². The van der Waals surface area contributed by atoms with Gasteiger partial charge in [0.25, 0.3) is 0 Å². The van der Waals surface area contributed by atoms with Crippen molar-refractivity contribution in [2.24, 2.45) is 5.10 Å². The third-order valence-electron chi connectivity index (χ3n) is 4.90. The van der Waals surface area contributed by atoms with Crippen molar-refractivity contribution in [2.75, 3.05) is 24.0 Å². The predicted molar refractivity (Wildman–Crippen MR) is 110 cm³/mol. The molecule has 0 aliphatic carbocycles. The molecule has 1 aliphatic heterocycles. The van der Waals surface area contributed by atoms with E-state index in [0.29, 0.717) is 0 Å². The van der Waals surface area contributed by atoms with Crippen molar-refractivity contribution in [3.8, 4) is 0 Å². The molecular formula is C23H22FN3. The normalized spacial score (nSPS) is 16.3. The molecule has 0 unspecified atom stereocenters. The van der Waals surface area contributed by atoms with Crippen LogP contribution in [0.1, 0.15) is 23.6 Å². The van der Waals surface area contributed by atoms with Crippen LogP contribution in [0.15, 0.2) is 84.0 Å². The molecule has 1 atom stereocenters. The summed E-state index contributed by atoms with van der Waals surface area (Å²) < 4.78 is 13.3. The summed E-state index contributed by atoms with van der Waals surface area (Å²) >= 11 is 0. The van der Waals surface area contributed by atoms with E-state index in [-0.39, 0.29) is 11.9 Å². The van der Waals surface area contributed by atoms with Crippen molar-refractivity contribution >= 4 is 17.1 Å². The van der Waals surface area contributed by atoms with E-state index in [1.165, 1.54) is 23.4 Å². The fourth-order valence-electron chi connectivity index (χ4n) is 3.40. The van der Waals surface area contributed by atoms with E-state index in [1.54, 1.807) is 12.1 Å². The molecule has 0 fully saturated rings. The van der Waals surface area contributed by atoms with E-state index in [0.717, 1.165) is 23.4 Å². The van der Waals surface area contributed by atoms with E-state index >= 15 is 0 Å². The molecular weight excluding hydrogens is 337 g/mol. The zero-order valence-corrected chi connectivity index (χ0v) is 15.5. The number of hydrogen-bond acceptors (Lipinski definition) is 3. The molecule has 0 radical (unpaired) electrons. The minimum atomic E-state index is -0.229. The Morgan fingerprint density at radius 3 is 2.19 bits per heavy atom. The quantitative estimate of drug-likeness (QED) is 0.634. The molecule has 0 saturated heterocycles. The molecule has 4 rings (SSSR count). The number of hydrogen-bond donors (Lipinski definition) is 0. The van der Waals surface area contributed by atoms with Gasteiger partial charge in [-0.3, -0.25) is 5.01 Å². The van der Waals surface area contributed by atoms with Crippen LogP contribution in [0.3, 0.4) is 0 Å². The van der Waals surface area contributed by atoms with Crippen LogP contribution in [0.5, 0.6) is 0 Å². The van der Waals surface area contributed by atoms with Gasteiger partial charge in [-0.15, -0.1) is 0 Å². The number of anilines is 2. The van der Waals surface area contributed by atoms with Crippen LogP contribution in [-0.2, 0) is 0 Å². The van der Waals surface area contributed by atoms with Crippen molar-refractivity contribution < 1.29 is 4.39 Å². The lowest BCUT2D eigenvalue weighted by molar-refractivity contribution is 0.627. The average Bonchev–Trinajstić information content (AvgIpc) is 3.15. The van der Waals surface area contributed by atoms with Crippen molar-refractivity contribution in [3.05, 3.63) is 95.8 Å². The molecule has 0 bridgehead atoms. The number of hydrazone groups is 1. The summed E-state index contributed by atoms with van der Waals surface area (Å²) in [5, 5.41) is 6.96. The highest BCUT2D eigenvalue weighted by molar-refractivity contribution is 6.03. The first-order chi connectivity index (χ1) is 13.1. The first-order valence-electron chi connectivity index (χ1n) is 9.07. The van der Waals surface area contributed by atoms with E-state index in [1.807, 2.05) is 32.3 Å². The van der Waals surface area contributed by atoms with E-state index < -0.39 is 0 Å². The van der Waals surface area contributed by atoms with Crippen molar-refractivity contribution in [3.63, 3.8) is 0 Å². The molecule has 0 amide bonds. The maximum absolute atomic E-state index is 13.3. The summed E-state index contributed by atoms with van der Waals surface area (Å²) in [6.07, 6.45) is 0.780. The van der Waals surface area contributed by atoms with Gasteiger partial charge in [-0.25, -0.2) is 4.39 Å². The Hall–Kier alpha value is -3.14. The van der Waals surface area contributed by atoms with Gasteiger partial charge in [0.2, 0.25) is 0 Å². The Balaban J connectivity index is 1.70. The van der Waals surface area contributed by atoms with Crippen LogP contribution in [0.2, 0.25) is 0 Å². The molecule has 0 saturated carbocycles. The maximum Gasteiger partial charge on any atom is 0.123 e. The lowest BCUT2D eigenvalue weighted by Gasteiger charge is -2.24. The van der Waals surface area contributed by atoms with Crippen LogP contribution in [0, 0.1) is 5.82 Å². The Labute approximate surface area is 159 Å². The maximum atomic E-state index is 13.3. The minimum Gasteiger partial charge on any atom is -0.378 e. The molecule has 27 heavy (non-hydrogen) atoms. The molecule has 0 aromatic heterocycles. The highest BCUT2D eigenvalue weighted by atomic mass is 19.1. The van der Waals surface area contributed by atoms with E-state index in [4.69, 9.17) is 5.10 Å². The van der Waals surface area contributed by atoms with Crippen molar-refractivity contribution in [1.29, 1.82) is 0 Å². The first-order valence-corrected chi connectivity index (χ1v) is 9.07. The second-order valence-corrected chi connectivity index (χ2v) is 6.94. The zero-order valence-electron chi connectivity index (χ0n) is 15.5. The smallest absolute Gasteiger partial charge is 0.123 e. The minimum absolute atomic E-state index is 0.115. The summed E-state index contributed by atoms with van der Waals surface area (Å²) in [6.45, 7) is 0. The molecule has 4 heteroatoms. The third kappa shape index (κ3) is 3.56. The summed E-state index contributed by atoms with van der Waals surface area (Å²) in [7, 11) is 4.08. The Morgan fingerprint density at radius 2 is 1.56 bits per heavy atom. The van der Waals surface area contributed by atoms with Gasteiger partial charge in [-0.1, -0.05) is 42.5 Å². The van der Waals surface area contributed by atoms with Crippen LogP contribution in [0.25, 0.3) is 0 Å². The zero-order chi connectivity index (χ0) is 18.8. The van der Waals surface area contributed by atoms with Crippen molar-refractivity contribution in [2.45, 2.75) is 12.5 Å². The fourth-order valence-corrected chi connectivity index (χ4v) is 3.40. The van der Waals surface area contributed by atoms with E-state index in [2.05, 4.69) is 46.3 Å². The van der Waals surface area contributed by atoms with Gasteiger partial charge in [0.05, 0.1) is 17.4 Å². The van der Waals surface area contributed by atoms with Crippen LogP contribution in [0.4, 0.5) is 15.8 Å². The summed E-state index contributed by atoms with van der Waals surface area (Å²) in [5.74, 6) is -0.229. The summed E-state index contributed by atoms with van der Waals surface area (Å²) in [6, 6.07) is 25.5. The van der Waals surface area contributed by atoms with Gasteiger partial charge >= 0.3 is 0 Å². The van der Waals surface area contributed by atoms with E-state index in [9.17, 15) is 4.39 Å². The third-order valence-corrected chi connectivity index (χ3v) is 4.90. The summed E-state index contributed by atoms with van der Waals surface area (Å²) in [4.78, 5) is 2.09. The number of halogens is 1. The predicted octanol–water partition coefficient (Wildman–Crippen LogP) is 5.25. The Kier molecular flexibility index (Phi) is 4.63. The van der Waals surface area contributed by atoms with Crippen molar-refractivity contribution in [1.82, 2.24) is 0 Å². The average molecular weight is 359 g/mol. The number of rotatable bonds is 4. The molecule has 0 N–H and O–H groups in total. The largest absolute Gasteiger partial charge is 0.378 e. The summed E-state index contributed by atoms with van der Waals surface area (Å²) in [5.41, 5.74) is 5.37. The van der Waals surface area contributed by atoms with Gasteiger partial charge in [-0.05, 0) is 47.5 Å².